The first-order valence-electron chi connectivity index (χ1n) is 6.28. The molecule has 3 rings (SSSR count). The molecule has 1 aliphatic heterocycles. The van der Waals surface area contributed by atoms with E-state index in [1.54, 1.807) is 0 Å². The molecule has 19 heavy (non-hydrogen) atoms. The van der Waals surface area contributed by atoms with Crippen LogP contribution < -0.4 is 5.32 Å². The van der Waals surface area contributed by atoms with E-state index in [1.165, 1.54) is 12.1 Å². The Morgan fingerprint density at radius 1 is 1.21 bits per heavy atom. The van der Waals surface area contributed by atoms with E-state index in [9.17, 15) is 13.2 Å². The molecule has 1 fully saturated rings. The van der Waals surface area contributed by atoms with Crippen LogP contribution in [0, 0.1) is 0 Å². The number of piperazine rings is 1. The quantitative estimate of drug-likeness (QED) is 0.872. The van der Waals surface area contributed by atoms with Gasteiger partial charge in [0, 0.05) is 32.7 Å². The third-order valence-corrected chi connectivity index (χ3v) is 3.18. The Balaban J connectivity index is 0.000000141. The topological polar surface area (TPSA) is 35.5 Å². The molecule has 1 saturated heterocycles. The maximum atomic E-state index is 11.9. The molecular weight excluding hydrogens is 257 g/mol. The number of halogens is 3. The summed E-state index contributed by atoms with van der Waals surface area (Å²) in [5.74, 6) is 0. The monoisotopic (exact) mass is 274 g/mol. The van der Waals surface area contributed by atoms with Crippen molar-refractivity contribution >= 4 is 0 Å². The number of rotatable bonds is 2. The molecule has 0 radical (unpaired) electrons. The van der Waals surface area contributed by atoms with Gasteiger partial charge in [-0.1, -0.05) is 6.07 Å². The maximum absolute atomic E-state index is 11.9. The van der Waals surface area contributed by atoms with Gasteiger partial charge in [0.15, 0.2) is 0 Å². The highest BCUT2D eigenvalue weighted by molar-refractivity contribution is 5.85. The van der Waals surface area contributed by atoms with E-state index in [2.05, 4.69) is 10.2 Å². The lowest BCUT2D eigenvalue weighted by molar-refractivity contribution is -0.136. The second-order valence-corrected chi connectivity index (χ2v) is 4.57. The van der Waals surface area contributed by atoms with Gasteiger partial charge in [0.05, 0.1) is 12.2 Å². The fraction of sp³-hybridized carbons (Fsp3) is 0.538. The van der Waals surface area contributed by atoms with E-state index in [0.29, 0.717) is 12.2 Å². The van der Waals surface area contributed by atoms with Crippen molar-refractivity contribution in [3.05, 3.63) is 23.8 Å². The first-order chi connectivity index (χ1) is 9.02. The van der Waals surface area contributed by atoms with Crippen molar-refractivity contribution in [3.8, 4) is 11.1 Å². The van der Waals surface area contributed by atoms with Crippen LogP contribution in [0.1, 0.15) is 5.56 Å². The zero-order chi connectivity index (χ0) is 13.9. The molecule has 3 aliphatic rings. The van der Waals surface area contributed by atoms with Crippen LogP contribution in [-0.2, 0) is 6.18 Å². The Kier molecular flexibility index (Phi) is 4.44. The van der Waals surface area contributed by atoms with Gasteiger partial charge in [0.1, 0.15) is 0 Å². The summed E-state index contributed by atoms with van der Waals surface area (Å²) in [4.78, 5) is 2.26. The molecule has 0 amide bonds. The molecule has 3 nitrogen and oxygen atoms in total. The number of alkyl halides is 3. The van der Waals surface area contributed by atoms with Gasteiger partial charge in [-0.15, -0.1) is 0 Å². The second kappa shape index (κ2) is 5.90. The Labute approximate surface area is 110 Å². The van der Waals surface area contributed by atoms with Crippen molar-refractivity contribution in [2.24, 2.45) is 0 Å². The molecule has 106 valence electrons. The van der Waals surface area contributed by atoms with E-state index < -0.39 is 11.7 Å². The summed E-state index contributed by atoms with van der Waals surface area (Å²) < 4.78 is 35.7. The van der Waals surface area contributed by atoms with Crippen LogP contribution in [0.2, 0.25) is 0 Å². The predicted molar refractivity (Wildman–Crippen MR) is 66.8 cm³/mol. The average molecular weight is 274 g/mol. The van der Waals surface area contributed by atoms with Gasteiger partial charge in [-0.3, -0.25) is 4.90 Å². The van der Waals surface area contributed by atoms with E-state index in [-0.39, 0.29) is 0 Å². The van der Waals surface area contributed by atoms with E-state index in [4.69, 9.17) is 5.11 Å². The molecule has 0 saturated carbocycles. The van der Waals surface area contributed by atoms with Crippen LogP contribution in [0.3, 0.4) is 0 Å². The van der Waals surface area contributed by atoms with Gasteiger partial charge in [0.25, 0.3) is 0 Å². The molecule has 1 heterocycles. The lowest BCUT2D eigenvalue weighted by atomic mass is 10.3. The molecule has 0 aromatic rings. The first-order valence-corrected chi connectivity index (χ1v) is 6.28. The van der Waals surface area contributed by atoms with Crippen molar-refractivity contribution in [3.63, 3.8) is 0 Å². The van der Waals surface area contributed by atoms with Crippen molar-refractivity contribution < 1.29 is 18.3 Å². The predicted octanol–water partition coefficient (Wildman–Crippen LogP) is 1.57. The van der Waals surface area contributed by atoms with Crippen LogP contribution >= 0.6 is 0 Å². The molecule has 0 unspecified atom stereocenters. The molecule has 0 bridgehead atoms. The number of hydrogen-bond donors (Lipinski definition) is 2. The van der Waals surface area contributed by atoms with Crippen LogP contribution in [0.4, 0.5) is 13.2 Å². The minimum atomic E-state index is -4.17. The maximum Gasteiger partial charge on any atom is 0.417 e. The molecule has 0 aromatic heterocycles. The molecule has 0 aromatic carbocycles. The smallest absolute Gasteiger partial charge is 0.395 e. The van der Waals surface area contributed by atoms with Crippen LogP contribution in [-0.4, -0.2) is 49.3 Å². The highest BCUT2D eigenvalue weighted by atomic mass is 19.4. The number of aliphatic hydroxyl groups excluding tert-OH is 1. The van der Waals surface area contributed by atoms with Crippen molar-refractivity contribution in [1.29, 1.82) is 0 Å². The van der Waals surface area contributed by atoms with Crippen molar-refractivity contribution in [2.75, 3.05) is 39.3 Å². The van der Waals surface area contributed by atoms with Gasteiger partial charge < -0.3 is 10.4 Å². The number of hydrogen-bond acceptors (Lipinski definition) is 3. The Hall–Kier alpha value is -1.11. The van der Waals surface area contributed by atoms with Gasteiger partial charge in [0.2, 0.25) is 0 Å². The lowest BCUT2D eigenvalue weighted by Crippen LogP contribution is -2.44. The Morgan fingerprint density at radius 3 is 2.26 bits per heavy atom. The zero-order valence-electron chi connectivity index (χ0n) is 10.5. The standard InChI is InChI=1S/C7H3F3.C6H14N2O/c8-7(9,10)6-2-1-4-3-5(4)6;9-6-5-8-3-1-7-2-4-8/h1-3H;7,9H,1-6H2. The molecule has 2 N–H and O–H groups in total. The SMILES string of the molecule is FC(F)(F)c1ccc2cc1-2.OCCN1CCNCC1. The molecule has 0 spiro atoms. The molecule has 0 atom stereocenters. The number of nitrogens with one attached hydrogen (secondary N) is 1. The third-order valence-electron chi connectivity index (χ3n) is 3.18. The first kappa shape index (κ1) is 14.3. The normalized spacial score (nSPS) is 17.7. The molecule has 6 heteroatoms. The highest BCUT2D eigenvalue weighted by Crippen LogP contribution is 2.45. The molecule has 2 aliphatic carbocycles. The summed E-state index contributed by atoms with van der Waals surface area (Å²) in [6.45, 7) is 5.43. The summed E-state index contributed by atoms with van der Waals surface area (Å²) in [5.41, 5.74) is 0.599. The second-order valence-electron chi connectivity index (χ2n) is 4.57. The van der Waals surface area contributed by atoms with Crippen LogP contribution in [0.25, 0.3) is 11.1 Å². The fourth-order valence-electron chi connectivity index (χ4n) is 2.08. The van der Waals surface area contributed by atoms with Crippen molar-refractivity contribution in [2.45, 2.75) is 6.18 Å². The minimum absolute atomic E-state index is 0.292. The van der Waals surface area contributed by atoms with E-state index in [0.717, 1.165) is 44.4 Å². The van der Waals surface area contributed by atoms with Crippen LogP contribution in [0.15, 0.2) is 18.2 Å². The van der Waals surface area contributed by atoms with Gasteiger partial charge >= 0.3 is 6.18 Å². The third kappa shape index (κ3) is 3.92. The number of β-amino-alcohol motifs (C(OH)–C–C–N with tert-alkyl or cyclic N) is 1. The van der Waals surface area contributed by atoms with Crippen molar-refractivity contribution in [1.82, 2.24) is 10.2 Å². The van der Waals surface area contributed by atoms with E-state index in [1.807, 2.05) is 0 Å². The molecular formula is C13H17F3N2O. The Bertz CT molecular complexity index is 426. The minimum Gasteiger partial charge on any atom is -0.395 e. The van der Waals surface area contributed by atoms with Gasteiger partial charge in [-0.2, -0.15) is 13.2 Å². The zero-order valence-corrected chi connectivity index (χ0v) is 10.5. The number of benzene rings is 1. The number of nitrogens with zero attached hydrogens (tertiary/aromatic N) is 1. The highest BCUT2D eigenvalue weighted by Gasteiger charge is 2.37. The fourth-order valence-corrected chi connectivity index (χ4v) is 2.08. The summed E-state index contributed by atoms with van der Waals surface area (Å²) in [5, 5.41) is 11.8. The summed E-state index contributed by atoms with van der Waals surface area (Å²) in [7, 11) is 0. The van der Waals surface area contributed by atoms with Crippen LogP contribution in [0.5, 0.6) is 0 Å². The van der Waals surface area contributed by atoms with E-state index >= 15 is 0 Å². The largest absolute Gasteiger partial charge is 0.417 e. The summed E-state index contributed by atoms with van der Waals surface area (Å²) >= 11 is 0. The van der Waals surface area contributed by atoms with Gasteiger partial charge in [-0.25, -0.2) is 0 Å². The summed E-state index contributed by atoms with van der Waals surface area (Å²) in [6.07, 6.45) is -4.17. The number of aliphatic hydroxyl groups is 1. The number of fused-ring (bicyclic) bond motifs is 1. The summed E-state index contributed by atoms with van der Waals surface area (Å²) in [6, 6.07) is 4.13. The Morgan fingerprint density at radius 2 is 1.89 bits per heavy atom. The average Bonchev–Trinajstić information content (AvgIpc) is 3.00. The van der Waals surface area contributed by atoms with Gasteiger partial charge in [-0.05, 0) is 23.3 Å². The lowest BCUT2D eigenvalue weighted by Gasteiger charge is -2.25.